The summed E-state index contributed by atoms with van der Waals surface area (Å²) in [6.45, 7) is 1.05. The molecule has 1 saturated heterocycles. The van der Waals surface area contributed by atoms with Crippen molar-refractivity contribution in [3.8, 4) is 0 Å². The third kappa shape index (κ3) is 2.97. The van der Waals surface area contributed by atoms with E-state index in [4.69, 9.17) is 0 Å². The van der Waals surface area contributed by atoms with Gasteiger partial charge in [0.05, 0.1) is 5.69 Å². The molecule has 5 heteroatoms. The summed E-state index contributed by atoms with van der Waals surface area (Å²) in [5.41, 5.74) is 1.56. The molecule has 1 aromatic rings. The van der Waals surface area contributed by atoms with E-state index in [2.05, 4.69) is 20.8 Å². The lowest BCUT2D eigenvalue weighted by atomic mass is 10.0. The molecule has 0 aromatic carbocycles. The highest BCUT2D eigenvalue weighted by Crippen LogP contribution is 2.22. The minimum absolute atomic E-state index is 0.0368. The fraction of sp³-hybridized carbons (Fsp3) is 0.714. The Hall–Kier alpha value is -1.36. The molecule has 1 aliphatic carbocycles. The lowest BCUT2D eigenvalue weighted by Gasteiger charge is -2.21. The molecular formula is C14H22N4O. The zero-order valence-electron chi connectivity index (χ0n) is 11.2. The van der Waals surface area contributed by atoms with Crippen molar-refractivity contribution >= 4 is 5.91 Å². The number of H-pyrrole nitrogens is 1. The SMILES string of the molecule is O=C(NC1CCCC1)c1cc(C2CCCCN2)[nH]n1. The van der Waals surface area contributed by atoms with Crippen molar-refractivity contribution in [3.05, 3.63) is 17.5 Å². The number of hydrogen-bond donors (Lipinski definition) is 3. The number of hydrogen-bond acceptors (Lipinski definition) is 3. The Balaban J connectivity index is 1.61. The van der Waals surface area contributed by atoms with Gasteiger partial charge in [-0.15, -0.1) is 0 Å². The first kappa shape index (κ1) is 12.7. The molecule has 1 amide bonds. The molecule has 2 aliphatic rings. The van der Waals surface area contributed by atoms with Gasteiger partial charge in [-0.3, -0.25) is 9.89 Å². The van der Waals surface area contributed by atoms with Crippen LogP contribution in [0, 0.1) is 0 Å². The summed E-state index contributed by atoms with van der Waals surface area (Å²) in [6.07, 6.45) is 8.25. The fourth-order valence-electron chi connectivity index (χ4n) is 3.08. The number of carbonyl (C=O) groups is 1. The summed E-state index contributed by atoms with van der Waals surface area (Å²) in [4.78, 5) is 12.1. The highest BCUT2D eigenvalue weighted by atomic mass is 16.2. The molecule has 2 fully saturated rings. The van der Waals surface area contributed by atoms with Gasteiger partial charge in [0.2, 0.25) is 0 Å². The Morgan fingerprint density at radius 1 is 1.21 bits per heavy atom. The van der Waals surface area contributed by atoms with Gasteiger partial charge < -0.3 is 10.6 Å². The van der Waals surface area contributed by atoms with Gasteiger partial charge in [0.1, 0.15) is 5.69 Å². The normalized spacial score (nSPS) is 24.5. The highest BCUT2D eigenvalue weighted by molar-refractivity contribution is 5.92. The van der Waals surface area contributed by atoms with E-state index in [9.17, 15) is 4.79 Å². The monoisotopic (exact) mass is 262 g/mol. The van der Waals surface area contributed by atoms with Crippen molar-refractivity contribution < 1.29 is 4.79 Å². The molecule has 1 atom stereocenters. The zero-order chi connectivity index (χ0) is 13.1. The van der Waals surface area contributed by atoms with Crippen LogP contribution in [-0.4, -0.2) is 28.7 Å². The van der Waals surface area contributed by atoms with Crippen LogP contribution in [0.1, 0.15) is 67.2 Å². The number of nitrogens with zero attached hydrogens (tertiary/aromatic N) is 1. The Labute approximate surface area is 113 Å². The quantitative estimate of drug-likeness (QED) is 0.779. The molecule has 19 heavy (non-hydrogen) atoms. The lowest BCUT2D eigenvalue weighted by Crippen LogP contribution is -2.32. The van der Waals surface area contributed by atoms with E-state index < -0.39 is 0 Å². The molecule has 0 bridgehead atoms. The summed E-state index contributed by atoms with van der Waals surface area (Å²) in [7, 11) is 0. The van der Waals surface area contributed by atoms with Gasteiger partial charge >= 0.3 is 0 Å². The van der Waals surface area contributed by atoms with Gasteiger partial charge in [-0.05, 0) is 38.3 Å². The highest BCUT2D eigenvalue weighted by Gasteiger charge is 2.22. The molecule has 1 unspecified atom stereocenters. The molecule has 1 aliphatic heterocycles. The van der Waals surface area contributed by atoms with Crippen LogP contribution in [0.5, 0.6) is 0 Å². The smallest absolute Gasteiger partial charge is 0.271 e. The van der Waals surface area contributed by atoms with E-state index in [-0.39, 0.29) is 5.91 Å². The van der Waals surface area contributed by atoms with E-state index in [0.717, 1.165) is 31.5 Å². The van der Waals surface area contributed by atoms with Crippen LogP contribution in [0.25, 0.3) is 0 Å². The maximum Gasteiger partial charge on any atom is 0.271 e. The van der Waals surface area contributed by atoms with E-state index in [0.29, 0.717) is 17.8 Å². The summed E-state index contributed by atoms with van der Waals surface area (Å²) in [6, 6.07) is 2.57. The molecule has 104 valence electrons. The van der Waals surface area contributed by atoms with Crippen LogP contribution in [-0.2, 0) is 0 Å². The van der Waals surface area contributed by atoms with Crippen molar-refractivity contribution in [3.63, 3.8) is 0 Å². The van der Waals surface area contributed by atoms with Crippen LogP contribution in [0.15, 0.2) is 6.07 Å². The lowest BCUT2D eigenvalue weighted by molar-refractivity contribution is 0.0933. The molecule has 1 saturated carbocycles. The summed E-state index contributed by atoms with van der Waals surface area (Å²) >= 11 is 0. The van der Waals surface area contributed by atoms with Gasteiger partial charge in [-0.25, -0.2) is 0 Å². The van der Waals surface area contributed by atoms with Crippen LogP contribution >= 0.6 is 0 Å². The maximum atomic E-state index is 12.1. The van der Waals surface area contributed by atoms with Gasteiger partial charge in [-0.1, -0.05) is 19.3 Å². The average molecular weight is 262 g/mol. The Kier molecular flexibility index (Phi) is 3.82. The van der Waals surface area contributed by atoms with Crippen molar-refractivity contribution in [1.29, 1.82) is 0 Å². The van der Waals surface area contributed by atoms with Crippen molar-refractivity contribution in [1.82, 2.24) is 20.8 Å². The fourth-order valence-corrected chi connectivity index (χ4v) is 3.08. The van der Waals surface area contributed by atoms with Gasteiger partial charge in [0, 0.05) is 12.1 Å². The third-order valence-corrected chi connectivity index (χ3v) is 4.21. The first-order valence-electron chi connectivity index (χ1n) is 7.42. The number of aromatic nitrogens is 2. The standard InChI is InChI=1S/C14H22N4O/c19-14(16-10-5-1-2-6-10)13-9-12(17-18-13)11-7-3-4-8-15-11/h9-11,15H,1-8H2,(H,16,19)(H,17,18). The van der Waals surface area contributed by atoms with Crippen molar-refractivity contribution in [2.45, 2.75) is 57.0 Å². The number of piperidine rings is 1. The van der Waals surface area contributed by atoms with Crippen LogP contribution in [0.3, 0.4) is 0 Å². The predicted molar refractivity (Wildman–Crippen MR) is 72.9 cm³/mol. The Morgan fingerprint density at radius 2 is 2.00 bits per heavy atom. The Morgan fingerprint density at radius 3 is 2.74 bits per heavy atom. The second-order valence-corrected chi connectivity index (χ2v) is 5.67. The predicted octanol–water partition coefficient (Wildman–Crippen LogP) is 1.90. The third-order valence-electron chi connectivity index (χ3n) is 4.21. The summed E-state index contributed by atoms with van der Waals surface area (Å²) < 4.78 is 0. The van der Waals surface area contributed by atoms with Crippen molar-refractivity contribution in [2.24, 2.45) is 0 Å². The molecule has 0 spiro atoms. The average Bonchev–Trinajstić information content (AvgIpc) is 3.10. The van der Waals surface area contributed by atoms with E-state index in [1.807, 2.05) is 6.07 Å². The topological polar surface area (TPSA) is 69.8 Å². The van der Waals surface area contributed by atoms with Crippen molar-refractivity contribution in [2.75, 3.05) is 6.54 Å². The minimum Gasteiger partial charge on any atom is -0.348 e. The molecule has 3 N–H and O–H groups in total. The summed E-state index contributed by atoms with van der Waals surface area (Å²) in [5.74, 6) is -0.0368. The molecular weight excluding hydrogens is 240 g/mol. The largest absolute Gasteiger partial charge is 0.348 e. The zero-order valence-corrected chi connectivity index (χ0v) is 11.2. The molecule has 1 aromatic heterocycles. The van der Waals surface area contributed by atoms with Crippen LogP contribution < -0.4 is 10.6 Å². The molecule has 0 radical (unpaired) electrons. The van der Waals surface area contributed by atoms with E-state index >= 15 is 0 Å². The van der Waals surface area contributed by atoms with Crippen LogP contribution in [0.2, 0.25) is 0 Å². The molecule has 3 rings (SSSR count). The second-order valence-electron chi connectivity index (χ2n) is 5.67. The number of rotatable bonds is 3. The van der Waals surface area contributed by atoms with E-state index in [1.54, 1.807) is 0 Å². The van der Waals surface area contributed by atoms with Gasteiger partial charge in [0.25, 0.3) is 5.91 Å². The van der Waals surface area contributed by atoms with Gasteiger partial charge in [0.15, 0.2) is 0 Å². The van der Waals surface area contributed by atoms with E-state index in [1.165, 1.54) is 25.7 Å². The number of nitrogens with one attached hydrogen (secondary N) is 3. The maximum absolute atomic E-state index is 12.1. The van der Waals surface area contributed by atoms with Crippen LogP contribution in [0.4, 0.5) is 0 Å². The first-order chi connectivity index (χ1) is 9.33. The molecule has 2 heterocycles. The Bertz CT molecular complexity index is 430. The van der Waals surface area contributed by atoms with Gasteiger partial charge in [-0.2, -0.15) is 5.10 Å². The first-order valence-corrected chi connectivity index (χ1v) is 7.42. The summed E-state index contributed by atoms with van der Waals surface area (Å²) in [5, 5.41) is 13.7. The number of amides is 1. The minimum atomic E-state index is -0.0368. The molecule has 5 nitrogen and oxygen atoms in total. The number of carbonyl (C=O) groups excluding carboxylic acids is 1. The number of aromatic amines is 1. The second kappa shape index (κ2) is 5.74.